The average Bonchev–Trinajstić information content (AvgIpc) is 2.15. The Kier molecular flexibility index (Phi) is 2.37. The molecule has 0 aromatic heterocycles. The van der Waals surface area contributed by atoms with Gasteiger partial charge in [0.1, 0.15) is 5.82 Å². The topological polar surface area (TPSA) is 0 Å². The lowest BCUT2D eigenvalue weighted by atomic mass is 10.0. The highest BCUT2D eigenvalue weighted by Crippen LogP contribution is 2.34. The number of aryl methyl sites for hydroxylation is 1. The van der Waals surface area contributed by atoms with Crippen LogP contribution in [0.15, 0.2) is 30.3 Å². The molecule has 0 fully saturated rings. The Morgan fingerprint density at radius 2 is 1.69 bits per heavy atom. The summed E-state index contributed by atoms with van der Waals surface area (Å²) in [5, 5.41) is 0.478. The summed E-state index contributed by atoms with van der Waals surface area (Å²) in [5.41, 5.74) is -0.337. The molecule has 0 saturated heterocycles. The number of fused-ring (bicyclic) bond motifs is 1. The van der Waals surface area contributed by atoms with Crippen LogP contribution in [0.1, 0.15) is 11.1 Å². The molecule has 0 aliphatic heterocycles. The highest BCUT2D eigenvalue weighted by Gasteiger charge is 2.34. The number of rotatable bonds is 0. The standard InChI is InChI=1S/C12H8F4/c1-7-2-4-9-8(6-7)3-5-10(11(9)13)12(14,15)16/h2-6H,1H3. The fourth-order valence-electron chi connectivity index (χ4n) is 1.63. The van der Waals surface area contributed by atoms with E-state index >= 15 is 0 Å². The molecule has 2 rings (SSSR count). The van der Waals surface area contributed by atoms with E-state index in [-0.39, 0.29) is 5.39 Å². The van der Waals surface area contributed by atoms with Crippen molar-refractivity contribution < 1.29 is 17.6 Å². The van der Waals surface area contributed by atoms with Crippen molar-refractivity contribution in [3.63, 3.8) is 0 Å². The van der Waals surface area contributed by atoms with E-state index < -0.39 is 17.6 Å². The first-order chi connectivity index (χ1) is 7.39. The minimum Gasteiger partial charge on any atom is -0.206 e. The Balaban J connectivity index is 2.75. The highest BCUT2D eigenvalue weighted by molar-refractivity contribution is 5.84. The Morgan fingerprint density at radius 3 is 2.31 bits per heavy atom. The Labute approximate surface area is 89.5 Å². The number of alkyl halides is 3. The van der Waals surface area contributed by atoms with Crippen molar-refractivity contribution in [3.8, 4) is 0 Å². The van der Waals surface area contributed by atoms with Gasteiger partial charge in [-0.15, -0.1) is 0 Å². The second kappa shape index (κ2) is 3.47. The van der Waals surface area contributed by atoms with E-state index in [1.807, 2.05) is 0 Å². The molecule has 0 unspecified atom stereocenters. The molecule has 0 bridgehead atoms. The van der Waals surface area contributed by atoms with E-state index in [1.54, 1.807) is 19.1 Å². The maximum Gasteiger partial charge on any atom is 0.419 e. The third-order valence-electron chi connectivity index (χ3n) is 2.41. The first kappa shape index (κ1) is 10.9. The second-order valence-electron chi connectivity index (χ2n) is 3.65. The lowest BCUT2D eigenvalue weighted by Crippen LogP contribution is -2.08. The minimum absolute atomic E-state index is 0.000394. The van der Waals surface area contributed by atoms with Crippen LogP contribution in [0, 0.1) is 12.7 Å². The Bertz CT molecular complexity index is 540. The summed E-state index contributed by atoms with van der Waals surface area (Å²) >= 11 is 0. The minimum atomic E-state index is -4.65. The van der Waals surface area contributed by atoms with Gasteiger partial charge in [-0.25, -0.2) is 4.39 Å². The fraction of sp³-hybridized carbons (Fsp3) is 0.167. The first-order valence-electron chi connectivity index (χ1n) is 4.65. The molecule has 0 radical (unpaired) electrons. The summed E-state index contributed by atoms with van der Waals surface area (Å²) < 4.78 is 50.8. The highest BCUT2D eigenvalue weighted by atomic mass is 19.4. The van der Waals surface area contributed by atoms with Crippen LogP contribution in [-0.2, 0) is 6.18 Å². The number of hydrogen-bond acceptors (Lipinski definition) is 0. The van der Waals surface area contributed by atoms with Crippen LogP contribution in [-0.4, -0.2) is 0 Å². The molecule has 0 spiro atoms. The molecular formula is C12H8F4. The number of benzene rings is 2. The predicted molar refractivity (Wildman–Crippen MR) is 53.6 cm³/mol. The maximum absolute atomic E-state index is 13.6. The Hall–Kier alpha value is -1.58. The van der Waals surface area contributed by atoms with Gasteiger partial charge < -0.3 is 0 Å². The van der Waals surface area contributed by atoms with E-state index in [1.165, 1.54) is 12.1 Å². The molecule has 0 aliphatic carbocycles. The normalized spacial score (nSPS) is 12.1. The van der Waals surface area contributed by atoms with E-state index in [0.29, 0.717) is 5.39 Å². The van der Waals surface area contributed by atoms with Gasteiger partial charge in [-0.1, -0.05) is 29.8 Å². The molecule has 0 N–H and O–H groups in total. The molecule has 16 heavy (non-hydrogen) atoms. The molecule has 4 heteroatoms. The summed E-state index contributed by atoms with van der Waals surface area (Å²) in [5.74, 6) is -1.20. The van der Waals surface area contributed by atoms with Crippen molar-refractivity contribution >= 4 is 10.8 Å². The zero-order chi connectivity index (χ0) is 11.9. The van der Waals surface area contributed by atoms with Gasteiger partial charge in [0.25, 0.3) is 0 Å². The van der Waals surface area contributed by atoms with Gasteiger partial charge in [0, 0.05) is 5.39 Å². The summed E-state index contributed by atoms with van der Waals surface area (Å²) in [4.78, 5) is 0. The predicted octanol–water partition coefficient (Wildman–Crippen LogP) is 4.31. The van der Waals surface area contributed by atoms with Crippen molar-refractivity contribution in [1.29, 1.82) is 0 Å². The van der Waals surface area contributed by atoms with E-state index in [0.717, 1.165) is 11.6 Å². The molecule has 0 amide bonds. The van der Waals surface area contributed by atoms with Gasteiger partial charge in [-0.3, -0.25) is 0 Å². The summed E-state index contributed by atoms with van der Waals surface area (Å²) in [6.45, 7) is 1.80. The molecule has 2 aromatic rings. The maximum atomic E-state index is 13.6. The SMILES string of the molecule is Cc1ccc2c(F)c(C(F)(F)F)ccc2c1. The molecule has 0 saturated carbocycles. The quantitative estimate of drug-likeness (QED) is 0.589. The molecule has 0 nitrogen and oxygen atoms in total. The van der Waals surface area contributed by atoms with Gasteiger partial charge in [0.2, 0.25) is 0 Å². The summed E-state index contributed by atoms with van der Waals surface area (Å²) in [6.07, 6.45) is -4.65. The molecule has 0 atom stereocenters. The van der Waals surface area contributed by atoms with Crippen LogP contribution < -0.4 is 0 Å². The van der Waals surface area contributed by atoms with Gasteiger partial charge in [-0.2, -0.15) is 13.2 Å². The number of halogens is 4. The summed E-state index contributed by atoms with van der Waals surface area (Å²) in [6, 6.07) is 6.67. The Morgan fingerprint density at radius 1 is 1.00 bits per heavy atom. The van der Waals surface area contributed by atoms with Crippen LogP contribution in [0.25, 0.3) is 10.8 Å². The fourth-order valence-corrected chi connectivity index (χ4v) is 1.63. The third kappa shape index (κ3) is 1.75. The van der Waals surface area contributed by atoms with Crippen LogP contribution >= 0.6 is 0 Å². The third-order valence-corrected chi connectivity index (χ3v) is 2.41. The summed E-state index contributed by atoms with van der Waals surface area (Å²) in [7, 11) is 0. The zero-order valence-electron chi connectivity index (χ0n) is 8.40. The van der Waals surface area contributed by atoms with Crippen molar-refractivity contribution in [2.75, 3.05) is 0 Å². The van der Waals surface area contributed by atoms with Crippen LogP contribution in [0.2, 0.25) is 0 Å². The number of hydrogen-bond donors (Lipinski definition) is 0. The van der Waals surface area contributed by atoms with Crippen molar-refractivity contribution in [1.82, 2.24) is 0 Å². The molecule has 0 aliphatic rings. The van der Waals surface area contributed by atoms with E-state index in [2.05, 4.69) is 0 Å². The van der Waals surface area contributed by atoms with Gasteiger partial charge in [0.15, 0.2) is 0 Å². The van der Waals surface area contributed by atoms with Gasteiger partial charge in [0.05, 0.1) is 5.56 Å². The zero-order valence-corrected chi connectivity index (χ0v) is 8.40. The van der Waals surface area contributed by atoms with Crippen molar-refractivity contribution in [2.24, 2.45) is 0 Å². The average molecular weight is 228 g/mol. The molecule has 0 heterocycles. The largest absolute Gasteiger partial charge is 0.419 e. The first-order valence-corrected chi connectivity index (χ1v) is 4.65. The van der Waals surface area contributed by atoms with E-state index in [9.17, 15) is 17.6 Å². The molecule has 2 aromatic carbocycles. The lowest BCUT2D eigenvalue weighted by Gasteiger charge is -2.10. The van der Waals surface area contributed by atoms with Gasteiger partial charge in [-0.05, 0) is 18.4 Å². The van der Waals surface area contributed by atoms with Crippen molar-refractivity contribution in [2.45, 2.75) is 13.1 Å². The van der Waals surface area contributed by atoms with Crippen LogP contribution in [0.5, 0.6) is 0 Å². The smallest absolute Gasteiger partial charge is 0.206 e. The monoisotopic (exact) mass is 228 g/mol. The van der Waals surface area contributed by atoms with Crippen LogP contribution in [0.4, 0.5) is 17.6 Å². The van der Waals surface area contributed by atoms with Crippen molar-refractivity contribution in [3.05, 3.63) is 47.3 Å². The van der Waals surface area contributed by atoms with Crippen LogP contribution in [0.3, 0.4) is 0 Å². The van der Waals surface area contributed by atoms with E-state index in [4.69, 9.17) is 0 Å². The molecule has 84 valence electrons. The van der Waals surface area contributed by atoms with Gasteiger partial charge >= 0.3 is 6.18 Å². The second-order valence-corrected chi connectivity index (χ2v) is 3.65. The lowest BCUT2D eigenvalue weighted by molar-refractivity contribution is -0.139. The molecular weight excluding hydrogens is 220 g/mol.